The third-order valence-electron chi connectivity index (χ3n) is 9.73. The van der Waals surface area contributed by atoms with Gasteiger partial charge in [-0.3, -0.25) is 19.4 Å². The molecule has 3 amide bonds. The smallest absolute Gasteiger partial charge is 0.408 e. The summed E-state index contributed by atoms with van der Waals surface area (Å²) in [4.78, 5) is 48.1. The summed E-state index contributed by atoms with van der Waals surface area (Å²) in [5.41, 5.74) is 4.17. The molecule has 3 atom stereocenters. The summed E-state index contributed by atoms with van der Waals surface area (Å²) in [6.07, 6.45) is 0.806. The van der Waals surface area contributed by atoms with Crippen LogP contribution in [0.1, 0.15) is 50.3 Å². The summed E-state index contributed by atoms with van der Waals surface area (Å²) in [6.45, 7) is 10.5. The van der Waals surface area contributed by atoms with Gasteiger partial charge in [0.15, 0.2) is 0 Å². The van der Waals surface area contributed by atoms with Crippen molar-refractivity contribution in [3.63, 3.8) is 0 Å². The predicted molar refractivity (Wildman–Crippen MR) is 195 cm³/mol. The van der Waals surface area contributed by atoms with E-state index in [0.717, 1.165) is 54.9 Å². The molecule has 0 radical (unpaired) electrons. The molecule has 0 bridgehead atoms. The Morgan fingerprint density at radius 1 is 0.902 bits per heavy atom. The zero-order valence-electron chi connectivity index (χ0n) is 30.1. The average Bonchev–Trinajstić information content (AvgIpc) is 3.73. The van der Waals surface area contributed by atoms with E-state index in [1.807, 2.05) is 61.6 Å². The third kappa shape index (κ3) is 9.50. The Hall–Kier alpha value is -4.81. The SMILES string of the molecule is Cn1nnc2cc(CNC(=O)[C@@H]3C[C@H](N4CCN(Cc5ccccc5)CC4)CN3C(=O)[C@@H](CCc3ccccc3)NC(=O)OC(C)(C)C)ccc21. The first-order valence-electron chi connectivity index (χ1n) is 17.9. The van der Waals surface area contributed by atoms with Gasteiger partial charge < -0.3 is 20.3 Å². The molecule has 3 heterocycles. The van der Waals surface area contributed by atoms with Crippen molar-refractivity contribution in [1.29, 1.82) is 0 Å². The lowest BCUT2D eigenvalue weighted by atomic mass is 10.0. The topological polar surface area (TPSA) is 125 Å². The second kappa shape index (κ2) is 16.0. The number of piperazine rings is 1. The molecule has 12 heteroatoms. The Morgan fingerprint density at radius 2 is 1.59 bits per heavy atom. The van der Waals surface area contributed by atoms with Gasteiger partial charge in [0.2, 0.25) is 11.8 Å². The Labute approximate surface area is 300 Å². The van der Waals surface area contributed by atoms with Crippen molar-refractivity contribution in [2.24, 2.45) is 7.05 Å². The van der Waals surface area contributed by atoms with Gasteiger partial charge in [-0.15, -0.1) is 5.10 Å². The van der Waals surface area contributed by atoms with Gasteiger partial charge in [-0.2, -0.15) is 0 Å². The first kappa shape index (κ1) is 36.0. The molecule has 2 saturated heterocycles. The molecule has 2 aliphatic heterocycles. The number of rotatable bonds is 11. The van der Waals surface area contributed by atoms with Crippen LogP contribution in [-0.2, 0) is 40.9 Å². The van der Waals surface area contributed by atoms with Crippen LogP contribution in [0, 0.1) is 0 Å². The molecule has 270 valence electrons. The van der Waals surface area contributed by atoms with Gasteiger partial charge in [-0.05, 0) is 68.9 Å². The summed E-state index contributed by atoms with van der Waals surface area (Å²) in [7, 11) is 1.84. The summed E-state index contributed by atoms with van der Waals surface area (Å²) in [5.74, 6) is -0.491. The van der Waals surface area contributed by atoms with Gasteiger partial charge >= 0.3 is 6.09 Å². The lowest BCUT2D eigenvalue weighted by molar-refractivity contribution is -0.140. The van der Waals surface area contributed by atoms with E-state index in [-0.39, 0.29) is 17.9 Å². The van der Waals surface area contributed by atoms with Crippen molar-refractivity contribution < 1.29 is 19.1 Å². The van der Waals surface area contributed by atoms with Crippen LogP contribution in [-0.4, -0.2) is 104 Å². The maximum absolute atomic E-state index is 14.5. The summed E-state index contributed by atoms with van der Waals surface area (Å²) in [5, 5.41) is 14.2. The summed E-state index contributed by atoms with van der Waals surface area (Å²) in [6, 6.07) is 24.6. The first-order chi connectivity index (χ1) is 24.5. The molecule has 2 N–H and O–H groups in total. The quantitative estimate of drug-likeness (QED) is 0.243. The number of nitrogens with one attached hydrogen (secondary N) is 2. The van der Waals surface area contributed by atoms with E-state index in [0.29, 0.717) is 32.4 Å². The maximum Gasteiger partial charge on any atom is 0.408 e. The normalized spacial score (nSPS) is 19.2. The van der Waals surface area contributed by atoms with Crippen LogP contribution in [0.5, 0.6) is 0 Å². The maximum atomic E-state index is 14.5. The number of likely N-dealkylation sites (tertiary alicyclic amines) is 1. The number of aryl methyl sites for hydroxylation is 2. The molecule has 4 aromatic rings. The average molecular weight is 695 g/mol. The largest absolute Gasteiger partial charge is 0.444 e. The number of nitrogens with zero attached hydrogens (tertiary/aromatic N) is 6. The monoisotopic (exact) mass is 694 g/mol. The zero-order chi connectivity index (χ0) is 36.0. The number of ether oxygens (including phenoxy) is 1. The van der Waals surface area contributed by atoms with E-state index in [2.05, 4.69) is 55.0 Å². The Bertz CT molecular complexity index is 1780. The Morgan fingerprint density at radius 3 is 2.27 bits per heavy atom. The number of benzene rings is 3. The number of hydrogen-bond donors (Lipinski definition) is 2. The van der Waals surface area contributed by atoms with Crippen LogP contribution in [0.25, 0.3) is 11.0 Å². The van der Waals surface area contributed by atoms with Crippen molar-refractivity contribution in [2.75, 3.05) is 32.7 Å². The fourth-order valence-corrected chi connectivity index (χ4v) is 7.06. The molecule has 3 aromatic carbocycles. The van der Waals surface area contributed by atoms with Crippen LogP contribution in [0.3, 0.4) is 0 Å². The zero-order valence-corrected chi connectivity index (χ0v) is 30.1. The molecule has 2 fully saturated rings. The van der Waals surface area contributed by atoms with E-state index in [1.165, 1.54) is 5.56 Å². The number of carbonyl (C=O) groups is 3. The van der Waals surface area contributed by atoms with Gasteiger partial charge in [0.1, 0.15) is 23.2 Å². The van der Waals surface area contributed by atoms with Crippen molar-refractivity contribution in [3.05, 3.63) is 95.6 Å². The van der Waals surface area contributed by atoms with Crippen molar-refractivity contribution in [2.45, 2.75) is 76.8 Å². The molecule has 0 aliphatic carbocycles. The molecular weight excluding hydrogens is 644 g/mol. The standard InChI is InChI=1S/C39H50N8O4/c1-39(2,3)51-38(50)41-32(17-15-28-11-7-5-8-12-28)37(49)47-27-31(46-21-19-45(20-22-46)26-29-13-9-6-10-14-29)24-35(47)36(48)40-25-30-16-18-34-33(23-30)42-43-44(34)4/h5-14,16,18,23,31-32,35H,15,17,19-22,24-27H2,1-4H3,(H,40,48)(H,41,50)/t31-,32+,35-/m0/s1. The highest BCUT2D eigenvalue weighted by atomic mass is 16.6. The van der Waals surface area contributed by atoms with E-state index in [9.17, 15) is 14.4 Å². The minimum Gasteiger partial charge on any atom is -0.444 e. The molecule has 0 unspecified atom stereocenters. The highest BCUT2D eigenvalue weighted by Gasteiger charge is 2.44. The Balaban J connectivity index is 1.18. The van der Waals surface area contributed by atoms with Crippen LogP contribution < -0.4 is 10.6 Å². The lowest BCUT2D eigenvalue weighted by Crippen LogP contribution is -2.54. The van der Waals surface area contributed by atoms with Gasteiger partial charge in [0.25, 0.3) is 0 Å². The van der Waals surface area contributed by atoms with Crippen molar-refractivity contribution in [1.82, 2.24) is 40.3 Å². The van der Waals surface area contributed by atoms with E-state index in [4.69, 9.17) is 4.74 Å². The fraction of sp³-hybridized carbons (Fsp3) is 0.462. The van der Waals surface area contributed by atoms with Crippen LogP contribution in [0.2, 0.25) is 0 Å². The second-order valence-corrected chi connectivity index (χ2v) is 14.7. The minimum atomic E-state index is -0.865. The van der Waals surface area contributed by atoms with Crippen LogP contribution >= 0.6 is 0 Å². The predicted octanol–water partition coefficient (Wildman–Crippen LogP) is 3.90. The van der Waals surface area contributed by atoms with Gasteiger partial charge in [0, 0.05) is 58.9 Å². The highest BCUT2D eigenvalue weighted by molar-refractivity contribution is 5.92. The van der Waals surface area contributed by atoms with Crippen molar-refractivity contribution in [3.8, 4) is 0 Å². The highest BCUT2D eigenvalue weighted by Crippen LogP contribution is 2.26. The van der Waals surface area contributed by atoms with E-state index in [1.54, 1.807) is 30.4 Å². The first-order valence-corrected chi connectivity index (χ1v) is 17.9. The minimum absolute atomic E-state index is 0.0100. The fourth-order valence-electron chi connectivity index (χ4n) is 7.06. The van der Waals surface area contributed by atoms with Gasteiger partial charge in [-0.25, -0.2) is 9.48 Å². The van der Waals surface area contributed by atoms with Crippen LogP contribution in [0.4, 0.5) is 4.79 Å². The van der Waals surface area contributed by atoms with Gasteiger partial charge in [-0.1, -0.05) is 71.9 Å². The Kier molecular flexibility index (Phi) is 11.3. The molecule has 0 saturated carbocycles. The van der Waals surface area contributed by atoms with E-state index < -0.39 is 23.8 Å². The molecule has 0 spiro atoms. The second-order valence-electron chi connectivity index (χ2n) is 14.7. The molecule has 51 heavy (non-hydrogen) atoms. The number of alkyl carbamates (subject to hydrolysis) is 1. The number of aromatic nitrogens is 3. The number of amides is 3. The summed E-state index contributed by atoms with van der Waals surface area (Å²) < 4.78 is 7.28. The molecule has 6 rings (SSSR count). The molecule has 1 aromatic heterocycles. The van der Waals surface area contributed by atoms with E-state index >= 15 is 0 Å². The van der Waals surface area contributed by atoms with Gasteiger partial charge in [0.05, 0.1) is 5.52 Å². The molecular formula is C39H50N8O4. The summed E-state index contributed by atoms with van der Waals surface area (Å²) >= 11 is 0. The lowest BCUT2D eigenvalue weighted by Gasteiger charge is -2.38. The number of fused-ring (bicyclic) bond motifs is 1. The van der Waals surface area contributed by atoms with Crippen LogP contribution in [0.15, 0.2) is 78.9 Å². The third-order valence-corrected chi connectivity index (χ3v) is 9.73. The molecule has 2 aliphatic rings. The number of hydrogen-bond acceptors (Lipinski definition) is 8. The number of carbonyl (C=O) groups excluding carboxylic acids is 3. The van der Waals surface area contributed by atoms with Crippen molar-refractivity contribution >= 4 is 28.9 Å². The molecule has 12 nitrogen and oxygen atoms in total.